The topological polar surface area (TPSA) is 41.6 Å². The average Bonchev–Trinajstić information content (AvgIpc) is 2.19. The Kier molecular flexibility index (Phi) is 7.74. The third-order valence-corrected chi connectivity index (χ3v) is 2.39. The highest BCUT2D eigenvalue weighted by atomic mass is 35.5. The predicted octanol–water partition coefficient (Wildman–Crippen LogP) is 0.655. The highest BCUT2D eigenvalue weighted by Crippen LogP contribution is 2.04. The van der Waals surface area contributed by atoms with E-state index in [1.165, 1.54) is 0 Å². The maximum Gasteiger partial charge on any atom is 0.224 e. The van der Waals surface area contributed by atoms with E-state index < -0.39 is 0 Å². The van der Waals surface area contributed by atoms with Gasteiger partial charge in [-0.05, 0) is 6.42 Å². The van der Waals surface area contributed by atoms with E-state index >= 15 is 0 Å². The maximum atomic E-state index is 11.6. The van der Waals surface area contributed by atoms with Gasteiger partial charge in [0.1, 0.15) is 0 Å². The summed E-state index contributed by atoms with van der Waals surface area (Å²) in [5.74, 6) is 0.181. The molecule has 0 bridgehead atoms. The van der Waals surface area contributed by atoms with Gasteiger partial charge in [0.25, 0.3) is 0 Å². The van der Waals surface area contributed by atoms with Crippen LogP contribution in [0.3, 0.4) is 0 Å². The van der Waals surface area contributed by atoms with Gasteiger partial charge in [0.15, 0.2) is 0 Å². The Morgan fingerprint density at radius 3 is 2.87 bits per heavy atom. The molecule has 1 saturated heterocycles. The van der Waals surface area contributed by atoms with Crippen LogP contribution in [-0.4, -0.2) is 50.2 Å². The van der Waals surface area contributed by atoms with Crippen molar-refractivity contribution in [3.05, 3.63) is 0 Å². The number of hydrogen-bond acceptors (Lipinski definition) is 3. The lowest BCUT2D eigenvalue weighted by atomic mass is 10.2. The SMILES string of the molecule is CCCN(C)C(=O)CC1CNCCO1.Cl. The molecule has 0 aliphatic carbocycles. The Balaban J connectivity index is 0.00000196. The van der Waals surface area contributed by atoms with Crippen molar-refractivity contribution in [2.24, 2.45) is 0 Å². The van der Waals surface area contributed by atoms with Crippen molar-refractivity contribution in [1.82, 2.24) is 10.2 Å². The minimum absolute atomic E-state index is 0. The summed E-state index contributed by atoms with van der Waals surface area (Å²) in [6, 6.07) is 0. The van der Waals surface area contributed by atoms with Crippen LogP contribution in [0.4, 0.5) is 0 Å². The van der Waals surface area contributed by atoms with Crippen molar-refractivity contribution >= 4 is 18.3 Å². The minimum Gasteiger partial charge on any atom is -0.375 e. The van der Waals surface area contributed by atoms with E-state index in [1.54, 1.807) is 4.90 Å². The second-order valence-electron chi connectivity index (χ2n) is 3.72. The van der Waals surface area contributed by atoms with Crippen LogP contribution in [0.15, 0.2) is 0 Å². The van der Waals surface area contributed by atoms with Gasteiger partial charge in [0.2, 0.25) is 5.91 Å². The van der Waals surface area contributed by atoms with Gasteiger partial charge in [0.05, 0.1) is 19.1 Å². The fraction of sp³-hybridized carbons (Fsp3) is 0.900. The lowest BCUT2D eigenvalue weighted by molar-refractivity contribution is -0.133. The smallest absolute Gasteiger partial charge is 0.224 e. The van der Waals surface area contributed by atoms with Crippen LogP contribution in [0.5, 0.6) is 0 Å². The van der Waals surface area contributed by atoms with E-state index in [2.05, 4.69) is 12.2 Å². The van der Waals surface area contributed by atoms with Crippen molar-refractivity contribution < 1.29 is 9.53 Å². The minimum atomic E-state index is 0. The second-order valence-corrected chi connectivity index (χ2v) is 3.72. The van der Waals surface area contributed by atoms with E-state index in [0.717, 1.165) is 32.7 Å². The number of nitrogens with one attached hydrogen (secondary N) is 1. The van der Waals surface area contributed by atoms with Crippen molar-refractivity contribution in [1.29, 1.82) is 0 Å². The van der Waals surface area contributed by atoms with E-state index in [1.807, 2.05) is 7.05 Å². The molecule has 1 rings (SSSR count). The lowest BCUT2D eigenvalue weighted by Gasteiger charge is -2.25. The van der Waals surface area contributed by atoms with Gasteiger partial charge < -0.3 is 15.0 Å². The van der Waals surface area contributed by atoms with Crippen LogP contribution in [0.25, 0.3) is 0 Å². The van der Waals surface area contributed by atoms with Crippen molar-refractivity contribution in [3.63, 3.8) is 0 Å². The van der Waals surface area contributed by atoms with Crippen molar-refractivity contribution in [2.45, 2.75) is 25.9 Å². The zero-order valence-electron chi connectivity index (χ0n) is 9.49. The molecular formula is C10H21ClN2O2. The standard InChI is InChI=1S/C10H20N2O2.ClH/c1-3-5-12(2)10(13)7-9-8-11-4-6-14-9;/h9,11H,3-8H2,1-2H3;1H. The molecule has 1 atom stereocenters. The van der Waals surface area contributed by atoms with Crippen molar-refractivity contribution in [3.8, 4) is 0 Å². The molecule has 0 saturated carbocycles. The Bertz CT molecular complexity index is 184. The van der Waals surface area contributed by atoms with Crippen LogP contribution in [0.2, 0.25) is 0 Å². The molecule has 1 aliphatic heterocycles. The fourth-order valence-corrected chi connectivity index (χ4v) is 1.56. The Morgan fingerprint density at radius 1 is 1.60 bits per heavy atom. The van der Waals surface area contributed by atoms with Gasteiger partial charge in [-0.15, -0.1) is 12.4 Å². The highest BCUT2D eigenvalue weighted by molar-refractivity contribution is 5.85. The molecule has 90 valence electrons. The Morgan fingerprint density at radius 2 is 2.33 bits per heavy atom. The first kappa shape index (κ1) is 14.7. The summed E-state index contributed by atoms with van der Waals surface area (Å²) < 4.78 is 5.47. The largest absolute Gasteiger partial charge is 0.375 e. The number of morpholine rings is 1. The van der Waals surface area contributed by atoms with Crippen molar-refractivity contribution in [2.75, 3.05) is 33.3 Å². The zero-order chi connectivity index (χ0) is 10.4. The maximum absolute atomic E-state index is 11.6. The molecule has 1 amide bonds. The van der Waals surface area contributed by atoms with Gasteiger partial charge in [0, 0.05) is 26.7 Å². The molecule has 0 aromatic carbocycles. The molecule has 5 heteroatoms. The number of carbonyl (C=O) groups excluding carboxylic acids is 1. The van der Waals surface area contributed by atoms with Crippen LogP contribution < -0.4 is 5.32 Å². The molecule has 0 aromatic rings. The normalized spacial score (nSPS) is 20.5. The van der Waals surface area contributed by atoms with E-state index in [4.69, 9.17) is 4.74 Å². The molecule has 1 heterocycles. The summed E-state index contributed by atoms with van der Waals surface area (Å²) in [4.78, 5) is 13.4. The summed E-state index contributed by atoms with van der Waals surface area (Å²) in [6.07, 6.45) is 1.57. The van der Waals surface area contributed by atoms with Crippen LogP contribution in [0, 0.1) is 0 Å². The molecule has 1 fully saturated rings. The first-order valence-corrected chi connectivity index (χ1v) is 5.30. The van der Waals surface area contributed by atoms with Gasteiger partial charge >= 0.3 is 0 Å². The number of rotatable bonds is 4. The molecular weight excluding hydrogens is 216 g/mol. The summed E-state index contributed by atoms with van der Waals surface area (Å²) in [6.45, 7) is 5.32. The van der Waals surface area contributed by atoms with E-state index in [0.29, 0.717) is 6.42 Å². The number of carbonyl (C=O) groups is 1. The molecule has 1 aliphatic rings. The lowest BCUT2D eigenvalue weighted by Crippen LogP contribution is -2.41. The van der Waals surface area contributed by atoms with Gasteiger partial charge in [-0.3, -0.25) is 4.79 Å². The van der Waals surface area contributed by atoms with Gasteiger partial charge in [-0.2, -0.15) is 0 Å². The number of halogens is 1. The quantitative estimate of drug-likeness (QED) is 0.780. The number of amides is 1. The molecule has 0 spiro atoms. The van der Waals surface area contributed by atoms with Crippen LogP contribution >= 0.6 is 12.4 Å². The van der Waals surface area contributed by atoms with Crippen LogP contribution in [0.1, 0.15) is 19.8 Å². The Labute approximate surface area is 97.8 Å². The molecule has 15 heavy (non-hydrogen) atoms. The second kappa shape index (κ2) is 7.91. The van der Waals surface area contributed by atoms with E-state index in [9.17, 15) is 4.79 Å². The molecule has 1 unspecified atom stereocenters. The number of ether oxygens (including phenoxy) is 1. The summed E-state index contributed by atoms with van der Waals surface area (Å²) in [5.41, 5.74) is 0. The fourth-order valence-electron chi connectivity index (χ4n) is 1.56. The predicted molar refractivity (Wildman–Crippen MR) is 62.4 cm³/mol. The van der Waals surface area contributed by atoms with E-state index in [-0.39, 0.29) is 24.4 Å². The third kappa shape index (κ3) is 5.35. The van der Waals surface area contributed by atoms with Gasteiger partial charge in [-0.25, -0.2) is 0 Å². The zero-order valence-corrected chi connectivity index (χ0v) is 10.3. The van der Waals surface area contributed by atoms with Gasteiger partial charge in [-0.1, -0.05) is 6.92 Å². The number of nitrogens with zero attached hydrogens (tertiary/aromatic N) is 1. The summed E-state index contributed by atoms with van der Waals surface area (Å²) in [7, 11) is 1.85. The summed E-state index contributed by atoms with van der Waals surface area (Å²) >= 11 is 0. The first-order valence-electron chi connectivity index (χ1n) is 5.30. The average molecular weight is 237 g/mol. The molecule has 0 radical (unpaired) electrons. The molecule has 4 nitrogen and oxygen atoms in total. The highest BCUT2D eigenvalue weighted by Gasteiger charge is 2.18. The molecule has 0 aromatic heterocycles. The Hall–Kier alpha value is -0.320. The number of hydrogen-bond donors (Lipinski definition) is 1. The first-order chi connectivity index (χ1) is 6.74. The third-order valence-electron chi connectivity index (χ3n) is 2.39. The monoisotopic (exact) mass is 236 g/mol. The summed E-state index contributed by atoms with van der Waals surface area (Å²) in [5, 5.41) is 3.22. The van der Waals surface area contributed by atoms with Crippen LogP contribution in [-0.2, 0) is 9.53 Å². The molecule has 1 N–H and O–H groups in total.